The Morgan fingerprint density at radius 3 is 3.00 bits per heavy atom. The van der Waals surface area contributed by atoms with Gasteiger partial charge in [-0.1, -0.05) is 23.8 Å². The number of hydrogen-bond donors (Lipinski definition) is 2. The molecule has 1 amide bonds. The second kappa shape index (κ2) is 6.37. The van der Waals surface area contributed by atoms with Gasteiger partial charge in [-0.05, 0) is 38.3 Å². The van der Waals surface area contributed by atoms with Crippen LogP contribution in [0, 0.1) is 6.92 Å². The zero-order chi connectivity index (χ0) is 14.7. The van der Waals surface area contributed by atoms with Gasteiger partial charge in [-0.15, -0.1) is 0 Å². The van der Waals surface area contributed by atoms with E-state index in [9.17, 15) is 9.90 Å². The topological polar surface area (TPSA) is 52.6 Å². The quantitative estimate of drug-likeness (QED) is 0.874. The Labute approximate surface area is 120 Å². The van der Waals surface area contributed by atoms with Gasteiger partial charge in [-0.3, -0.25) is 4.79 Å². The van der Waals surface area contributed by atoms with Gasteiger partial charge in [0.15, 0.2) is 0 Å². The molecule has 1 aromatic carbocycles. The van der Waals surface area contributed by atoms with Gasteiger partial charge in [0.05, 0.1) is 18.7 Å². The molecule has 0 saturated heterocycles. The minimum atomic E-state index is -0.426. The van der Waals surface area contributed by atoms with Gasteiger partial charge < -0.3 is 15.3 Å². The molecule has 0 radical (unpaired) electrons. The summed E-state index contributed by atoms with van der Waals surface area (Å²) < 4.78 is 0. The minimum Gasteiger partial charge on any atom is -0.392 e. The number of aliphatic hydroxyl groups is 1. The van der Waals surface area contributed by atoms with Crippen LogP contribution in [0.25, 0.3) is 0 Å². The van der Waals surface area contributed by atoms with E-state index in [1.54, 1.807) is 6.92 Å². The van der Waals surface area contributed by atoms with Gasteiger partial charge in [0.1, 0.15) is 0 Å². The van der Waals surface area contributed by atoms with Crippen LogP contribution in [0.2, 0.25) is 0 Å². The number of amides is 1. The summed E-state index contributed by atoms with van der Waals surface area (Å²) in [4.78, 5) is 14.2. The average molecular weight is 276 g/mol. The second-order valence-corrected chi connectivity index (χ2v) is 5.70. The number of aryl methyl sites for hydroxylation is 1. The van der Waals surface area contributed by atoms with E-state index in [4.69, 9.17) is 0 Å². The molecule has 20 heavy (non-hydrogen) atoms. The highest BCUT2D eigenvalue weighted by molar-refractivity contribution is 5.79. The maximum Gasteiger partial charge on any atom is 0.237 e. The molecule has 4 heteroatoms. The van der Waals surface area contributed by atoms with Crippen LogP contribution in [0.4, 0.5) is 0 Å². The fraction of sp³-hybridized carbons (Fsp3) is 0.562. The van der Waals surface area contributed by atoms with E-state index in [2.05, 4.69) is 37.4 Å². The monoisotopic (exact) mass is 276 g/mol. The Kier molecular flexibility index (Phi) is 4.78. The van der Waals surface area contributed by atoms with E-state index >= 15 is 0 Å². The molecule has 1 heterocycles. The van der Waals surface area contributed by atoms with Gasteiger partial charge in [0, 0.05) is 13.1 Å². The van der Waals surface area contributed by atoms with Gasteiger partial charge >= 0.3 is 0 Å². The van der Waals surface area contributed by atoms with Crippen LogP contribution < -0.4 is 5.32 Å². The lowest BCUT2D eigenvalue weighted by Gasteiger charge is -2.35. The molecule has 0 spiro atoms. The highest BCUT2D eigenvalue weighted by Crippen LogP contribution is 2.29. The average Bonchev–Trinajstić information content (AvgIpc) is 2.38. The number of nitrogens with one attached hydrogen (secondary N) is 1. The van der Waals surface area contributed by atoms with E-state index in [0.29, 0.717) is 6.54 Å². The van der Waals surface area contributed by atoms with Crippen LogP contribution in [0.5, 0.6) is 0 Å². The Bertz CT molecular complexity index is 485. The zero-order valence-electron chi connectivity index (χ0n) is 12.5. The fourth-order valence-electron chi connectivity index (χ4n) is 2.79. The van der Waals surface area contributed by atoms with Crippen molar-refractivity contribution in [3.63, 3.8) is 0 Å². The van der Waals surface area contributed by atoms with E-state index in [1.807, 2.05) is 4.90 Å². The summed E-state index contributed by atoms with van der Waals surface area (Å²) in [5.74, 6) is 0.101. The third-order valence-electron chi connectivity index (χ3n) is 3.87. The predicted octanol–water partition coefficient (Wildman–Crippen LogP) is 1.41. The number of fused-ring (bicyclic) bond motifs is 1. The van der Waals surface area contributed by atoms with Crippen molar-refractivity contribution in [3.05, 3.63) is 34.9 Å². The zero-order valence-corrected chi connectivity index (χ0v) is 12.5. The molecule has 2 rings (SSSR count). The number of carbonyl (C=O) groups excluding carboxylic acids is 1. The largest absolute Gasteiger partial charge is 0.392 e. The molecule has 0 bridgehead atoms. The van der Waals surface area contributed by atoms with E-state index < -0.39 is 6.10 Å². The third-order valence-corrected chi connectivity index (χ3v) is 3.87. The molecule has 1 aliphatic heterocycles. The van der Waals surface area contributed by atoms with E-state index in [0.717, 1.165) is 13.0 Å². The molecule has 0 fully saturated rings. The molecule has 1 unspecified atom stereocenters. The Balaban J connectivity index is 2.01. The highest BCUT2D eigenvalue weighted by Gasteiger charge is 2.27. The first-order chi connectivity index (χ1) is 9.49. The lowest BCUT2D eigenvalue weighted by Crippen LogP contribution is -2.44. The van der Waals surface area contributed by atoms with Crippen LogP contribution in [0.3, 0.4) is 0 Å². The summed E-state index contributed by atoms with van der Waals surface area (Å²) >= 11 is 0. The fourth-order valence-corrected chi connectivity index (χ4v) is 2.79. The van der Waals surface area contributed by atoms with Crippen molar-refractivity contribution in [2.24, 2.45) is 0 Å². The summed E-state index contributed by atoms with van der Waals surface area (Å²) in [5.41, 5.74) is 3.89. The summed E-state index contributed by atoms with van der Waals surface area (Å²) in [6, 6.07) is 6.59. The number of nitrogens with zero attached hydrogens (tertiary/aromatic N) is 1. The molecule has 0 aromatic heterocycles. The van der Waals surface area contributed by atoms with Crippen molar-refractivity contribution in [1.82, 2.24) is 10.2 Å². The lowest BCUT2D eigenvalue weighted by molar-refractivity contribution is -0.132. The first-order valence-electron chi connectivity index (χ1n) is 7.26. The molecular formula is C16H24N2O2. The van der Waals surface area contributed by atoms with Gasteiger partial charge in [0.2, 0.25) is 5.91 Å². The number of carbonyl (C=O) groups is 1. The van der Waals surface area contributed by atoms with Crippen LogP contribution >= 0.6 is 0 Å². The SMILES string of the molecule is Cc1ccc2c(c1)CCN(C(=O)CNC[C@@H](C)O)C2C. The predicted molar refractivity (Wildman–Crippen MR) is 79.6 cm³/mol. The first-order valence-corrected chi connectivity index (χ1v) is 7.26. The molecule has 0 aliphatic carbocycles. The molecule has 2 atom stereocenters. The molecule has 0 saturated carbocycles. The Morgan fingerprint density at radius 1 is 1.55 bits per heavy atom. The highest BCUT2D eigenvalue weighted by atomic mass is 16.3. The number of benzene rings is 1. The third kappa shape index (κ3) is 3.38. The van der Waals surface area contributed by atoms with Crippen molar-refractivity contribution in [1.29, 1.82) is 0 Å². The Hall–Kier alpha value is -1.39. The van der Waals surface area contributed by atoms with Gasteiger partial charge in [-0.25, -0.2) is 0 Å². The van der Waals surface area contributed by atoms with Crippen LogP contribution in [-0.4, -0.2) is 41.7 Å². The minimum absolute atomic E-state index is 0.101. The van der Waals surface area contributed by atoms with E-state index in [1.165, 1.54) is 16.7 Å². The molecule has 110 valence electrons. The maximum absolute atomic E-state index is 12.2. The Morgan fingerprint density at radius 2 is 2.30 bits per heavy atom. The molecule has 1 aromatic rings. The normalized spacial score (nSPS) is 19.6. The number of aliphatic hydroxyl groups excluding tert-OH is 1. The number of hydrogen-bond acceptors (Lipinski definition) is 3. The van der Waals surface area contributed by atoms with Crippen LogP contribution in [-0.2, 0) is 11.2 Å². The summed E-state index contributed by atoms with van der Waals surface area (Å²) in [7, 11) is 0. The van der Waals surface area contributed by atoms with Crippen molar-refractivity contribution < 1.29 is 9.90 Å². The van der Waals surface area contributed by atoms with Crippen molar-refractivity contribution in [2.45, 2.75) is 39.3 Å². The van der Waals surface area contributed by atoms with Crippen molar-refractivity contribution >= 4 is 5.91 Å². The summed E-state index contributed by atoms with van der Waals surface area (Å²) in [6.07, 6.45) is 0.494. The lowest BCUT2D eigenvalue weighted by atomic mass is 9.92. The van der Waals surface area contributed by atoms with E-state index in [-0.39, 0.29) is 18.5 Å². The number of rotatable bonds is 4. The maximum atomic E-state index is 12.2. The van der Waals surface area contributed by atoms with Gasteiger partial charge in [-0.2, -0.15) is 0 Å². The van der Waals surface area contributed by atoms with Crippen molar-refractivity contribution in [3.8, 4) is 0 Å². The molecule has 2 N–H and O–H groups in total. The summed E-state index contributed by atoms with van der Waals surface area (Å²) in [6.45, 7) is 7.40. The first kappa shape index (κ1) is 15.0. The van der Waals surface area contributed by atoms with Crippen LogP contribution in [0.1, 0.15) is 36.6 Å². The molecular weight excluding hydrogens is 252 g/mol. The molecule has 1 aliphatic rings. The smallest absolute Gasteiger partial charge is 0.237 e. The van der Waals surface area contributed by atoms with Gasteiger partial charge in [0.25, 0.3) is 0 Å². The van der Waals surface area contributed by atoms with Crippen molar-refractivity contribution in [2.75, 3.05) is 19.6 Å². The second-order valence-electron chi connectivity index (χ2n) is 5.70. The molecule has 4 nitrogen and oxygen atoms in total. The standard InChI is InChI=1S/C16H24N2O2/c1-11-4-5-15-13(3)18(7-6-14(15)8-11)16(20)10-17-9-12(2)19/h4-5,8,12-13,17,19H,6-7,9-10H2,1-3H3/t12-,13?/m1/s1. The summed E-state index contributed by atoms with van der Waals surface area (Å²) in [5, 5.41) is 12.2. The van der Waals surface area contributed by atoms with Crippen LogP contribution in [0.15, 0.2) is 18.2 Å².